The molecule has 0 aliphatic rings. The first-order valence-corrected chi connectivity index (χ1v) is 11.1. The monoisotopic (exact) mass is 410 g/mol. The molecule has 0 bridgehead atoms. The lowest BCUT2D eigenvalue weighted by Crippen LogP contribution is -1.88. The van der Waals surface area contributed by atoms with Gasteiger partial charge in [-0.25, -0.2) is 0 Å². The van der Waals surface area contributed by atoms with Crippen molar-refractivity contribution < 1.29 is 0 Å². The van der Waals surface area contributed by atoms with Crippen LogP contribution >= 0.6 is 0 Å². The molecule has 0 atom stereocenters. The Morgan fingerprint density at radius 3 is 1.00 bits per heavy atom. The average molecular weight is 411 g/mol. The van der Waals surface area contributed by atoms with Crippen molar-refractivity contribution in [3.63, 3.8) is 0 Å². The highest BCUT2D eigenvalue weighted by Gasteiger charge is 2.10. The summed E-state index contributed by atoms with van der Waals surface area (Å²) < 4.78 is 0. The van der Waals surface area contributed by atoms with E-state index >= 15 is 0 Å². The van der Waals surface area contributed by atoms with Crippen LogP contribution in [0.2, 0.25) is 0 Å². The molecule has 0 fully saturated rings. The molecule has 5 aromatic carbocycles. The third-order valence-electron chi connectivity index (χ3n) is 6.19. The van der Waals surface area contributed by atoms with Gasteiger partial charge < -0.3 is 0 Å². The fraction of sp³-hybridized carbons (Fsp3) is 0.0625. The van der Waals surface area contributed by atoms with Crippen molar-refractivity contribution in [3.05, 3.63) is 132 Å². The van der Waals surface area contributed by atoms with Crippen molar-refractivity contribution in [2.75, 3.05) is 0 Å². The first kappa shape index (κ1) is 20.0. The molecule has 0 nitrogen and oxygen atoms in total. The molecule has 0 unspecified atom stereocenters. The highest BCUT2D eigenvalue weighted by molar-refractivity contribution is 5.87. The van der Waals surface area contributed by atoms with Gasteiger partial charge in [0.25, 0.3) is 0 Å². The maximum atomic E-state index is 2.31. The lowest BCUT2D eigenvalue weighted by atomic mass is 9.90. The van der Waals surface area contributed by atoms with E-state index in [1.165, 1.54) is 55.6 Å². The first-order valence-electron chi connectivity index (χ1n) is 11.1. The van der Waals surface area contributed by atoms with Gasteiger partial charge in [0.2, 0.25) is 0 Å². The number of rotatable bonds is 4. The molecule has 0 spiro atoms. The minimum Gasteiger partial charge on any atom is -0.0620 e. The summed E-state index contributed by atoms with van der Waals surface area (Å²) in [4.78, 5) is 0. The molecule has 0 aliphatic carbocycles. The summed E-state index contributed by atoms with van der Waals surface area (Å²) >= 11 is 0. The molecule has 0 aliphatic heterocycles. The normalized spacial score (nSPS) is 10.8. The molecule has 0 saturated heterocycles. The number of hydrogen-bond donors (Lipinski definition) is 0. The summed E-state index contributed by atoms with van der Waals surface area (Å²) in [5, 5.41) is 0. The molecule has 0 aromatic heterocycles. The number of hydrogen-bond acceptors (Lipinski definition) is 0. The van der Waals surface area contributed by atoms with Crippen LogP contribution in [0.3, 0.4) is 0 Å². The SMILES string of the molecule is Cc1ccccc1-c1cccc(-c2ccccc2-c2cccc(-c3ccccc3C)c2)c1. The Morgan fingerprint density at radius 1 is 0.312 bits per heavy atom. The van der Waals surface area contributed by atoms with Gasteiger partial charge in [0.05, 0.1) is 0 Å². The lowest BCUT2D eigenvalue weighted by Gasteiger charge is -2.14. The number of aryl methyl sites for hydroxylation is 2. The summed E-state index contributed by atoms with van der Waals surface area (Å²) in [7, 11) is 0. The Labute approximate surface area is 190 Å². The summed E-state index contributed by atoms with van der Waals surface area (Å²) in [6.45, 7) is 4.35. The van der Waals surface area contributed by atoms with Gasteiger partial charge in [0.15, 0.2) is 0 Å². The molecule has 5 rings (SSSR count). The quantitative estimate of drug-likeness (QED) is 0.277. The van der Waals surface area contributed by atoms with Gasteiger partial charge >= 0.3 is 0 Å². The highest BCUT2D eigenvalue weighted by Crippen LogP contribution is 2.36. The summed E-state index contributed by atoms with van der Waals surface area (Å²) in [5.41, 5.74) is 12.7. The van der Waals surface area contributed by atoms with E-state index in [2.05, 4.69) is 135 Å². The fourth-order valence-corrected chi connectivity index (χ4v) is 4.49. The minimum absolute atomic E-state index is 1.24. The van der Waals surface area contributed by atoms with E-state index in [0.717, 1.165) is 0 Å². The van der Waals surface area contributed by atoms with Crippen LogP contribution in [-0.4, -0.2) is 0 Å². The van der Waals surface area contributed by atoms with Crippen LogP contribution in [0.25, 0.3) is 44.5 Å². The molecule has 0 saturated carbocycles. The third-order valence-corrected chi connectivity index (χ3v) is 6.19. The van der Waals surface area contributed by atoms with Crippen LogP contribution in [0.4, 0.5) is 0 Å². The van der Waals surface area contributed by atoms with Gasteiger partial charge in [0, 0.05) is 0 Å². The van der Waals surface area contributed by atoms with Gasteiger partial charge in [-0.1, -0.05) is 109 Å². The minimum atomic E-state index is 1.24. The van der Waals surface area contributed by atoms with Crippen LogP contribution in [0.15, 0.2) is 121 Å². The molecular formula is C32H26. The predicted molar refractivity (Wildman–Crippen MR) is 138 cm³/mol. The molecule has 0 amide bonds. The largest absolute Gasteiger partial charge is 0.0620 e. The molecule has 154 valence electrons. The zero-order chi connectivity index (χ0) is 21.9. The van der Waals surface area contributed by atoms with Crippen LogP contribution in [0, 0.1) is 13.8 Å². The summed E-state index contributed by atoms with van der Waals surface area (Å²) in [5.74, 6) is 0. The van der Waals surface area contributed by atoms with E-state index in [1.807, 2.05) is 0 Å². The van der Waals surface area contributed by atoms with Crippen LogP contribution in [0.5, 0.6) is 0 Å². The Hall–Kier alpha value is -3.90. The lowest BCUT2D eigenvalue weighted by molar-refractivity contribution is 1.45. The Balaban J connectivity index is 1.61. The second-order valence-corrected chi connectivity index (χ2v) is 8.34. The third kappa shape index (κ3) is 3.88. The smallest absolute Gasteiger partial charge is 0.0105 e. The van der Waals surface area contributed by atoms with E-state index in [0.29, 0.717) is 0 Å². The first-order chi connectivity index (χ1) is 15.7. The van der Waals surface area contributed by atoms with Crippen molar-refractivity contribution in [1.82, 2.24) is 0 Å². The standard InChI is InChI=1S/C32H26/c1-23-11-3-5-17-29(23)25-13-9-15-27(21-25)31-19-7-8-20-32(31)28-16-10-14-26(22-28)30-18-6-4-12-24(30)2/h3-22H,1-2H3. The van der Waals surface area contributed by atoms with Crippen molar-refractivity contribution >= 4 is 0 Å². The predicted octanol–water partition coefficient (Wildman–Crippen LogP) is 8.97. The molecule has 0 radical (unpaired) electrons. The zero-order valence-electron chi connectivity index (χ0n) is 18.5. The highest BCUT2D eigenvalue weighted by atomic mass is 14.1. The van der Waals surface area contributed by atoms with E-state index in [1.54, 1.807) is 0 Å². The van der Waals surface area contributed by atoms with E-state index in [9.17, 15) is 0 Å². The zero-order valence-corrected chi connectivity index (χ0v) is 18.5. The second-order valence-electron chi connectivity index (χ2n) is 8.34. The Kier molecular flexibility index (Phi) is 5.44. The van der Waals surface area contributed by atoms with Gasteiger partial charge in [-0.2, -0.15) is 0 Å². The second kappa shape index (κ2) is 8.69. The average Bonchev–Trinajstić information content (AvgIpc) is 2.85. The molecular weight excluding hydrogens is 384 g/mol. The number of benzene rings is 5. The van der Waals surface area contributed by atoms with E-state index in [4.69, 9.17) is 0 Å². The Bertz CT molecular complexity index is 1280. The van der Waals surface area contributed by atoms with Crippen LogP contribution in [0.1, 0.15) is 11.1 Å². The van der Waals surface area contributed by atoms with Gasteiger partial charge in [-0.05, 0) is 81.6 Å². The topological polar surface area (TPSA) is 0 Å². The summed E-state index contributed by atoms with van der Waals surface area (Å²) in [6, 6.07) is 43.7. The van der Waals surface area contributed by atoms with Crippen molar-refractivity contribution in [2.24, 2.45) is 0 Å². The maximum Gasteiger partial charge on any atom is -0.0105 e. The molecule has 5 aromatic rings. The van der Waals surface area contributed by atoms with Crippen molar-refractivity contribution in [1.29, 1.82) is 0 Å². The maximum absolute atomic E-state index is 2.31. The van der Waals surface area contributed by atoms with Crippen molar-refractivity contribution in [3.8, 4) is 44.5 Å². The fourth-order valence-electron chi connectivity index (χ4n) is 4.49. The van der Waals surface area contributed by atoms with Crippen molar-refractivity contribution in [2.45, 2.75) is 13.8 Å². The molecule has 0 N–H and O–H groups in total. The molecule has 0 heterocycles. The van der Waals surface area contributed by atoms with Gasteiger partial charge in [0.1, 0.15) is 0 Å². The molecule has 32 heavy (non-hydrogen) atoms. The van der Waals surface area contributed by atoms with Crippen LogP contribution < -0.4 is 0 Å². The van der Waals surface area contributed by atoms with E-state index in [-0.39, 0.29) is 0 Å². The van der Waals surface area contributed by atoms with Crippen LogP contribution in [-0.2, 0) is 0 Å². The summed E-state index contributed by atoms with van der Waals surface area (Å²) in [6.07, 6.45) is 0. The van der Waals surface area contributed by atoms with Gasteiger partial charge in [-0.15, -0.1) is 0 Å². The molecule has 0 heteroatoms. The van der Waals surface area contributed by atoms with E-state index < -0.39 is 0 Å². The van der Waals surface area contributed by atoms with Gasteiger partial charge in [-0.3, -0.25) is 0 Å². The Morgan fingerprint density at radius 2 is 0.625 bits per heavy atom.